The molecule has 0 bridgehead atoms. The van der Waals surface area contributed by atoms with Crippen LogP contribution in [0.4, 0.5) is 4.39 Å². The molecule has 1 amide bonds. The lowest BCUT2D eigenvalue weighted by Crippen LogP contribution is -2.52. The van der Waals surface area contributed by atoms with Gasteiger partial charge in [-0.2, -0.15) is 0 Å². The number of amides is 1. The molecular formula is C18H24ClFN2O2. The van der Waals surface area contributed by atoms with Crippen molar-refractivity contribution in [3.8, 4) is 11.3 Å². The van der Waals surface area contributed by atoms with E-state index in [-0.39, 0.29) is 29.9 Å². The summed E-state index contributed by atoms with van der Waals surface area (Å²) in [5.41, 5.74) is 6.05. The van der Waals surface area contributed by atoms with Crippen molar-refractivity contribution in [2.45, 2.75) is 32.7 Å². The molecule has 1 unspecified atom stereocenters. The monoisotopic (exact) mass is 354 g/mol. The van der Waals surface area contributed by atoms with E-state index < -0.39 is 5.54 Å². The van der Waals surface area contributed by atoms with Gasteiger partial charge in [0, 0.05) is 12.1 Å². The molecule has 6 heteroatoms. The van der Waals surface area contributed by atoms with E-state index in [9.17, 15) is 9.18 Å². The lowest BCUT2D eigenvalue weighted by atomic mass is 9.90. The van der Waals surface area contributed by atoms with Crippen molar-refractivity contribution < 1.29 is 13.6 Å². The molecule has 2 aromatic rings. The molecule has 1 aromatic heterocycles. The number of carbonyl (C=O) groups is 1. The van der Waals surface area contributed by atoms with Gasteiger partial charge in [-0.25, -0.2) is 4.39 Å². The largest absolute Gasteiger partial charge is 0.451 e. The minimum Gasteiger partial charge on any atom is -0.451 e. The third kappa shape index (κ3) is 5.08. The van der Waals surface area contributed by atoms with Gasteiger partial charge in [0.1, 0.15) is 11.6 Å². The minimum absolute atomic E-state index is 0. The van der Waals surface area contributed by atoms with Gasteiger partial charge < -0.3 is 15.5 Å². The zero-order valence-corrected chi connectivity index (χ0v) is 15.0. The Balaban J connectivity index is 0.00000288. The average Bonchev–Trinajstić information content (AvgIpc) is 2.97. The standard InChI is InChI=1S/C18H23FN2O2.ClH/c1-12(2)10-18(3,11-20)21-17(22)16-9-8-15(23-16)13-4-6-14(19)7-5-13;/h4-9,12H,10-11,20H2,1-3H3,(H,21,22);1H. The Kier molecular flexibility index (Phi) is 6.99. The van der Waals surface area contributed by atoms with Crippen LogP contribution in [0.3, 0.4) is 0 Å². The van der Waals surface area contributed by atoms with Crippen molar-refractivity contribution in [3.63, 3.8) is 0 Å². The Hall–Kier alpha value is -1.85. The second-order valence-electron chi connectivity index (χ2n) is 6.49. The fraction of sp³-hybridized carbons (Fsp3) is 0.389. The van der Waals surface area contributed by atoms with Crippen LogP contribution in [0.5, 0.6) is 0 Å². The van der Waals surface area contributed by atoms with Crippen molar-refractivity contribution in [2.75, 3.05) is 6.54 Å². The summed E-state index contributed by atoms with van der Waals surface area (Å²) in [5, 5.41) is 2.95. The first kappa shape index (κ1) is 20.2. The second kappa shape index (κ2) is 8.31. The number of halogens is 2. The second-order valence-corrected chi connectivity index (χ2v) is 6.49. The van der Waals surface area contributed by atoms with Crippen molar-refractivity contribution in [1.82, 2.24) is 5.32 Å². The third-order valence-corrected chi connectivity index (χ3v) is 3.68. The Morgan fingerprint density at radius 2 is 1.88 bits per heavy atom. The van der Waals surface area contributed by atoms with Crippen LogP contribution in [0, 0.1) is 11.7 Å². The maximum atomic E-state index is 13.0. The zero-order valence-electron chi connectivity index (χ0n) is 14.1. The normalized spacial score (nSPS) is 13.2. The van der Waals surface area contributed by atoms with Crippen LogP contribution in [0.2, 0.25) is 0 Å². The Bertz CT molecular complexity index is 670. The molecule has 0 fully saturated rings. The van der Waals surface area contributed by atoms with Crippen molar-refractivity contribution in [1.29, 1.82) is 0 Å². The summed E-state index contributed by atoms with van der Waals surface area (Å²) in [5.74, 6) is 0.536. The molecule has 0 saturated heterocycles. The van der Waals surface area contributed by atoms with Crippen LogP contribution >= 0.6 is 12.4 Å². The van der Waals surface area contributed by atoms with Crippen LogP contribution < -0.4 is 11.1 Å². The van der Waals surface area contributed by atoms with Gasteiger partial charge in [0.05, 0.1) is 5.54 Å². The van der Waals surface area contributed by atoms with Crippen molar-refractivity contribution in [3.05, 3.63) is 48.0 Å². The van der Waals surface area contributed by atoms with Gasteiger partial charge in [0.15, 0.2) is 5.76 Å². The summed E-state index contributed by atoms with van der Waals surface area (Å²) < 4.78 is 18.5. The van der Waals surface area contributed by atoms with E-state index in [2.05, 4.69) is 19.2 Å². The highest BCUT2D eigenvalue weighted by atomic mass is 35.5. The zero-order chi connectivity index (χ0) is 17.0. The van der Waals surface area contributed by atoms with Crippen molar-refractivity contribution >= 4 is 18.3 Å². The average molecular weight is 355 g/mol. The molecule has 3 N–H and O–H groups in total. The van der Waals surface area contributed by atoms with Gasteiger partial charge in [-0.3, -0.25) is 4.79 Å². The molecule has 0 aliphatic heterocycles. The number of furan rings is 1. The highest BCUT2D eigenvalue weighted by molar-refractivity contribution is 5.92. The molecule has 24 heavy (non-hydrogen) atoms. The quantitative estimate of drug-likeness (QED) is 0.823. The highest BCUT2D eigenvalue weighted by Crippen LogP contribution is 2.23. The van der Waals surface area contributed by atoms with Gasteiger partial charge >= 0.3 is 0 Å². The van der Waals surface area contributed by atoms with E-state index in [1.54, 1.807) is 24.3 Å². The topological polar surface area (TPSA) is 68.3 Å². The number of nitrogens with two attached hydrogens (primary N) is 1. The Labute approximate surface area is 148 Å². The van der Waals surface area contributed by atoms with Gasteiger partial charge in [-0.1, -0.05) is 13.8 Å². The van der Waals surface area contributed by atoms with E-state index in [0.717, 1.165) is 6.42 Å². The molecular weight excluding hydrogens is 331 g/mol. The van der Waals surface area contributed by atoms with E-state index in [1.165, 1.54) is 12.1 Å². The van der Waals surface area contributed by atoms with Crippen LogP contribution in [0.15, 0.2) is 40.8 Å². The molecule has 132 valence electrons. The van der Waals surface area contributed by atoms with Crippen LogP contribution in [0.25, 0.3) is 11.3 Å². The summed E-state index contributed by atoms with van der Waals surface area (Å²) in [7, 11) is 0. The first-order valence-electron chi connectivity index (χ1n) is 7.71. The molecule has 1 heterocycles. The number of carbonyl (C=O) groups excluding carboxylic acids is 1. The van der Waals surface area contributed by atoms with Gasteiger partial charge in [-0.05, 0) is 55.7 Å². The van der Waals surface area contributed by atoms with Crippen LogP contribution in [-0.4, -0.2) is 18.0 Å². The molecule has 0 aliphatic carbocycles. The van der Waals surface area contributed by atoms with E-state index in [0.29, 0.717) is 23.8 Å². The molecule has 4 nitrogen and oxygen atoms in total. The fourth-order valence-electron chi connectivity index (χ4n) is 2.65. The molecule has 2 rings (SSSR count). The van der Waals surface area contributed by atoms with E-state index in [1.807, 2.05) is 6.92 Å². The maximum Gasteiger partial charge on any atom is 0.287 e. The molecule has 0 spiro atoms. The lowest BCUT2D eigenvalue weighted by Gasteiger charge is -2.30. The molecule has 0 radical (unpaired) electrons. The summed E-state index contributed by atoms with van der Waals surface area (Å²) in [6.45, 7) is 6.44. The summed E-state index contributed by atoms with van der Waals surface area (Å²) in [6.07, 6.45) is 0.779. The van der Waals surface area contributed by atoms with Crippen molar-refractivity contribution in [2.24, 2.45) is 11.7 Å². The number of rotatable bonds is 6. The number of hydrogen-bond acceptors (Lipinski definition) is 3. The van der Waals surface area contributed by atoms with E-state index in [4.69, 9.17) is 10.2 Å². The number of benzene rings is 1. The fourth-order valence-corrected chi connectivity index (χ4v) is 2.65. The Morgan fingerprint density at radius 1 is 1.25 bits per heavy atom. The molecule has 0 aliphatic rings. The number of nitrogens with one attached hydrogen (secondary N) is 1. The smallest absolute Gasteiger partial charge is 0.287 e. The lowest BCUT2D eigenvalue weighted by molar-refractivity contribution is 0.0870. The first-order valence-corrected chi connectivity index (χ1v) is 7.71. The van der Waals surface area contributed by atoms with Gasteiger partial charge in [0.25, 0.3) is 5.91 Å². The third-order valence-electron chi connectivity index (χ3n) is 3.68. The van der Waals surface area contributed by atoms with Crippen LogP contribution in [0.1, 0.15) is 37.7 Å². The molecule has 0 saturated carbocycles. The predicted molar refractivity (Wildman–Crippen MR) is 95.7 cm³/mol. The highest BCUT2D eigenvalue weighted by Gasteiger charge is 2.27. The van der Waals surface area contributed by atoms with E-state index >= 15 is 0 Å². The van der Waals surface area contributed by atoms with Gasteiger partial charge in [0.2, 0.25) is 0 Å². The number of hydrogen-bond donors (Lipinski definition) is 2. The minimum atomic E-state index is -0.478. The van der Waals surface area contributed by atoms with Crippen LogP contribution in [-0.2, 0) is 0 Å². The maximum absolute atomic E-state index is 13.0. The summed E-state index contributed by atoms with van der Waals surface area (Å²) >= 11 is 0. The predicted octanol–water partition coefficient (Wildman–Crippen LogP) is 4.00. The summed E-state index contributed by atoms with van der Waals surface area (Å²) in [4.78, 5) is 12.4. The first-order chi connectivity index (χ1) is 10.8. The molecule has 1 atom stereocenters. The summed E-state index contributed by atoms with van der Waals surface area (Å²) in [6, 6.07) is 9.24. The molecule has 1 aromatic carbocycles. The Morgan fingerprint density at radius 3 is 2.42 bits per heavy atom. The van der Waals surface area contributed by atoms with Gasteiger partial charge in [-0.15, -0.1) is 12.4 Å². The SMILES string of the molecule is CC(C)CC(C)(CN)NC(=O)c1ccc(-c2ccc(F)cc2)o1.Cl.